The number of hydrogen-bond acceptors (Lipinski definition) is 6. The van der Waals surface area contributed by atoms with Gasteiger partial charge in [-0.2, -0.15) is 0 Å². The zero-order chi connectivity index (χ0) is 14.6. The van der Waals surface area contributed by atoms with Gasteiger partial charge in [-0.3, -0.25) is 0 Å². The maximum absolute atomic E-state index is 12.2. The van der Waals surface area contributed by atoms with Gasteiger partial charge >= 0.3 is 0 Å². The molecular weight excluding hydrogens is 312 g/mol. The first kappa shape index (κ1) is 15.1. The van der Waals surface area contributed by atoms with Gasteiger partial charge in [-0.15, -0.1) is 22.7 Å². The van der Waals surface area contributed by atoms with Crippen molar-refractivity contribution in [3.8, 4) is 0 Å². The molecule has 0 fully saturated rings. The van der Waals surface area contributed by atoms with E-state index in [2.05, 4.69) is 9.97 Å². The zero-order valence-corrected chi connectivity index (χ0v) is 13.6. The van der Waals surface area contributed by atoms with E-state index < -0.39 is 9.84 Å². The van der Waals surface area contributed by atoms with Crippen molar-refractivity contribution in [2.45, 2.75) is 23.9 Å². The molecular formula is C13H14N2O2S3. The fraction of sp³-hybridized carbons (Fsp3) is 0.231. The molecule has 0 atom stereocenters. The topological polar surface area (TPSA) is 59.9 Å². The molecule has 20 heavy (non-hydrogen) atoms. The number of rotatable bonds is 3. The van der Waals surface area contributed by atoms with E-state index in [1.807, 2.05) is 38.1 Å². The molecule has 0 radical (unpaired) electrons. The smallest absolute Gasteiger partial charge is 0.211 e. The number of sulfone groups is 1. The van der Waals surface area contributed by atoms with Crippen molar-refractivity contribution in [3.05, 3.63) is 40.8 Å². The number of nitrogens with zero attached hydrogens (tertiary/aromatic N) is 2. The lowest BCUT2D eigenvalue weighted by molar-refractivity contribution is 0.594. The van der Waals surface area contributed by atoms with Crippen molar-refractivity contribution in [1.29, 1.82) is 0 Å². The molecule has 1 aromatic carbocycles. The summed E-state index contributed by atoms with van der Waals surface area (Å²) in [7, 11) is -3.39. The quantitative estimate of drug-likeness (QED) is 0.735. The molecule has 0 aliphatic heterocycles. The van der Waals surface area contributed by atoms with Crippen LogP contribution in [0.25, 0.3) is 10.2 Å². The van der Waals surface area contributed by atoms with Crippen LogP contribution in [0.5, 0.6) is 0 Å². The second kappa shape index (κ2) is 6.43. The molecule has 0 spiro atoms. The second-order valence-electron chi connectivity index (χ2n) is 3.63. The van der Waals surface area contributed by atoms with Crippen molar-refractivity contribution in [2.75, 3.05) is 0 Å². The highest BCUT2D eigenvalue weighted by molar-refractivity contribution is 7.92. The number of hydrogen-bond donors (Lipinski definition) is 0. The van der Waals surface area contributed by atoms with Gasteiger partial charge in [0.15, 0.2) is 0 Å². The fourth-order valence-electron chi connectivity index (χ4n) is 1.53. The normalized spacial score (nSPS) is 11.1. The van der Waals surface area contributed by atoms with Gasteiger partial charge in [0.25, 0.3) is 0 Å². The first-order valence-electron chi connectivity index (χ1n) is 6.12. The summed E-state index contributed by atoms with van der Waals surface area (Å²) in [6, 6.07) is 7.40. The summed E-state index contributed by atoms with van der Waals surface area (Å²) in [5.74, 6) is -0.0789. The first-order chi connectivity index (χ1) is 9.65. The zero-order valence-electron chi connectivity index (χ0n) is 11.1. The standard InChI is InChI=1S/C11H8N2O2S3.C2H6/c14-18(15,7-10-12-5-6-16-10)11-13-8-3-1-2-4-9(8)17-11;1-2/h1-6H,7H2;1-2H3. The molecule has 3 rings (SSSR count). The van der Waals surface area contributed by atoms with E-state index in [0.29, 0.717) is 5.01 Å². The van der Waals surface area contributed by atoms with Crippen LogP contribution in [-0.2, 0) is 15.6 Å². The lowest BCUT2D eigenvalue weighted by atomic mass is 10.3. The Labute approximate surface area is 126 Å². The van der Waals surface area contributed by atoms with Crippen molar-refractivity contribution < 1.29 is 8.42 Å². The van der Waals surface area contributed by atoms with E-state index in [1.165, 1.54) is 22.7 Å². The molecule has 2 aromatic heterocycles. The number of aromatic nitrogens is 2. The SMILES string of the molecule is CC.O=S(=O)(Cc1nccs1)c1nc2ccccc2s1. The van der Waals surface area contributed by atoms with Gasteiger partial charge in [-0.05, 0) is 12.1 Å². The van der Waals surface area contributed by atoms with Crippen molar-refractivity contribution in [3.63, 3.8) is 0 Å². The molecule has 7 heteroatoms. The second-order valence-corrected chi connectivity index (χ2v) is 7.81. The highest BCUT2D eigenvalue weighted by Gasteiger charge is 2.21. The monoisotopic (exact) mass is 326 g/mol. The van der Waals surface area contributed by atoms with E-state index in [4.69, 9.17) is 0 Å². The van der Waals surface area contributed by atoms with E-state index in [0.717, 1.165) is 10.2 Å². The summed E-state index contributed by atoms with van der Waals surface area (Å²) in [6.07, 6.45) is 1.61. The minimum atomic E-state index is -3.39. The summed E-state index contributed by atoms with van der Waals surface area (Å²) in [4.78, 5) is 8.17. The highest BCUT2D eigenvalue weighted by atomic mass is 32.2. The summed E-state index contributed by atoms with van der Waals surface area (Å²) in [5, 5.41) is 2.36. The summed E-state index contributed by atoms with van der Waals surface area (Å²) in [6.45, 7) is 4.00. The van der Waals surface area contributed by atoms with Crippen LogP contribution in [0.1, 0.15) is 18.9 Å². The molecule has 4 nitrogen and oxygen atoms in total. The van der Waals surface area contributed by atoms with Crippen LogP contribution in [0.4, 0.5) is 0 Å². The molecule has 0 N–H and O–H groups in total. The van der Waals surface area contributed by atoms with Crippen molar-refractivity contribution in [1.82, 2.24) is 9.97 Å². The van der Waals surface area contributed by atoms with Gasteiger partial charge in [0.05, 0.1) is 10.2 Å². The number of fused-ring (bicyclic) bond motifs is 1. The maximum Gasteiger partial charge on any atom is 0.211 e. The molecule has 2 heterocycles. The van der Waals surface area contributed by atoms with E-state index >= 15 is 0 Å². The number of para-hydroxylation sites is 1. The van der Waals surface area contributed by atoms with Gasteiger partial charge in [-0.1, -0.05) is 26.0 Å². The van der Waals surface area contributed by atoms with Gasteiger partial charge < -0.3 is 0 Å². The average Bonchev–Trinajstić information content (AvgIpc) is 3.09. The van der Waals surface area contributed by atoms with Gasteiger partial charge in [0.1, 0.15) is 10.8 Å². The molecule has 0 bridgehead atoms. The molecule has 3 aromatic rings. The lowest BCUT2D eigenvalue weighted by Gasteiger charge is -1.96. The third-order valence-electron chi connectivity index (χ3n) is 2.34. The molecule has 0 unspecified atom stereocenters. The van der Waals surface area contributed by atoms with Crippen LogP contribution < -0.4 is 0 Å². The van der Waals surface area contributed by atoms with Crippen LogP contribution in [0.3, 0.4) is 0 Å². The lowest BCUT2D eigenvalue weighted by Crippen LogP contribution is -2.03. The van der Waals surface area contributed by atoms with Crippen molar-refractivity contribution in [2.24, 2.45) is 0 Å². The molecule has 0 saturated heterocycles. The van der Waals surface area contributed by atoms with E-state index in [1.54, 1.807) is 11.6 Å². The van der Waals surface area contributed by atoms with Gasteiger partial charge in [-0.25, -0.2) is 18.4 Å². The number of benzene rings is 1. The van der Waals surface area contributed by atoms with Crippen LogP contribution in [-0.4, -0.2) is 18.4 Å². The van der Waals surface area contributed by atoms with Gasteiger partial charge in [0, 0.05) is 11.6 Å². The Morgan fingerprint density at radius 2 is 1.95 bits per heavy atom. The van der Waals surface area contributed by atoms with Crippen LogP contribution in [0.15, 0.2) is 40.2 Å². The van der Waals surface area contributed by atoms with Crippen molar-refractivity contribution >= 4 is 42.7 Å². The minimum absolute atomic E-state index is 0.0789. The molecule has 0 aliphatic rings. The Morgan fingerprint density at radius 3 is 2.60 bits per heavy atom. The van der Waals surface area contributed by atoms with Gasteiger partial charge in [0.2, 0.25) is 14.2 Å². The maximum atomic E-state index is 12.2. The largest absolute Gasteiger partial charge is 0.249 e. The first-order valence-corrected chi connectivity index (χ1v) is 9.47. The molecule has 0 aliphatic carbocycles. The van der Waals surface area contributed by atoms with Crippen LogP contribution in [0, 0.1) is 0 Å². The molecule has 0 saturated carbocycles. The third-order valence-corrected chi connectivity index (χ3v) is 6.42. The Hall–Kier alpha value is -1.31. The fourth-order valence-corrected chi connectivity index (χ4v) is 5.08. The Kier molecular flexibility index (Phi) is 4.85. The average molecular weight is 326 g/mol. The Balaban J connectivity index is 0.000000704. The van der Waals surface area contributed by atoms with E-state index in [9.17, 15) is 8.42 Å². The summed E-state index contributed by atoms with van der Waals surface area (Å²) >= 11 is 2.54. The highest BCUT2D eigenvalue weighted by Crippen LogP contribution is 2.27. The predicted molar refractivity (Wildman–Crippen MR) is 84.0 cm³/mol. The van der Waals surface area contributed by atoms with E-state index in [-0.39, 0.29) is 10.1 Å². The number of thiazole rings is 2. The molecule has 0 amide bonds. The minimum Gasteiger partial charge on any atom is -0.249 e. The Morgan fingerprint density at radius 1 is 1.20 bits per heavy atom. The van der Waals surface area contributed by atoms with Crippen LogP contribution in [0.2, 0.25) is 0 Å². The summed E-state index contributed by atoms with van der Waals surface area (Å²) in [5.41, 5.74) is 0.722. The molecule has 106 valence electrons. The third kappa shape index (κ3) is 3.23. The predicted octanol–water partition coefficient (Wildman–Crippen LogP) is 3.75. The van der Waals surface area contributed by atoms with Crippen LogP contribution >= 0.6 is 22.7 Å². The Bertz CT molecular complexity index is 744. The summed E-state index contributed by atoms with van der Waals surface area (Å²) < 4.78 is 25.4.